The van der Waals surface area contributed by atoms with Crippen molar-refractivity contribution in [1.29, 1.82) is 0 Å². The minimum absolute atomic E-state index is 0.0791. The fourth-order valence-corrected chi connectivity index (χ4v) is 4.49. The van der Waals surface area contributed by atoms with Crippen molar-refractivity contribution in [3.63, 3.8) is 0 Å². The molecule has 0 aliphatic carbocycles. The highest BCUT2D eigenvalue weighted by Gasteiger charge is 2.32. The number of carbonyl (C=O) groups excluding carboxylic acids is 1. The van der Waals surface area contributed by atoms with E-state index in [-0.39, 0.29) is 12.5 Å². The maximum atomic E-state index is 13.0. The number of hydrogen-bond acceptors (Lipinski definition) is 4. The summed E-state index contributed by atoms with van der Waals surface area (Å²) in [5, 5.41) is 4.30. The van der Waals surface area contributed by atoms with E-state index in [1.54, 1.807) is 10.7 Å². The zero-order valence-corrected chi connectivity index (χ0v) is 17.7. The van der Waals surface area contributed by atoms with Gasteiger partial charge in [-0.3, -0.25) is 14.4 Å². The third-order valence-electron chi connectivity index (χ3n) is 6.19. The molecule has 0 radical (unpaired) electrons. The SMILES string of the molecule is Cc1ccn(CC(=O)N2CCCC(N3CCN(c4cccc(C(F)(F)F)c4)CC3)C2)n1. The van der Waals surface area contributed by atoms with Crippen LogP contribution in [0, 0.1) is 6.92 Å². The summed E-state index contributed by atoms with van der Waals surface area (Å²) >= 11 is 0. The van der Waals surface area contributed by atoms with Gasteiger partial charge in [-0.2, -0.15) is 18.3 Å². The van der Waals surface area contributed by atoms with Gasteiger partial charge in [-0.25, -0.2) is 0 Å². The molecule has 2 aromatic rings. The Bertz CT molecular complexity index is 905. The van der Waals surface area contributed by atoms with Crippen LogP contribution in [0.5, 0.6) is 0 Å². The monoisotopic (exact) mass is 435 g/mol. The van der Waals surface area contributed by atoms with Gasteiger partial charge < -0.3 is 9.80 Å². The molecule has 6 nitrogen and oxygen atoms in total. The number of rotatable bonds is 4. The van der Waals surface area contributed by atoms with E-state index in [4.69, 9.17) is 0 Å². The molecule has 2 aliphatic heterocycles. The van der Waals surface area contributed by atoms with Gasteiger partial charge in [0.25, 0.3) is 0 Å². The Morgan fingerprint density at radius 2 is 1.90 bits per heavy atom. The Morgan fingerprint density at radius 3 is 2.58 bits per heavy atom. The molecule has 0 saturated carbocycles. The molecular weight excluding hydrogens is 407 g/mol. The predicted octanol–water partition coefficient (Wildman–Crippen LogP) is 3.02. The van der Waals surface area contributed by atoms with E-state index in [0.29, 0.717) is 31.4 Å². The first-order valence-electron chi connectivity index (χ1n) is 10.7. The normalized spacial score (nSPS) is 20.8. The molecule has 9 heteroatoms. The first-order chi connectivity index (χ1) is 14.8. The minimum Gasteiger partial charge on any atom is -0.369 e. The summed E-state index contributed by atoms with van der Waals surface area (Å²) in [5.41, 5.74) is 0.897. The molecular formula is C22H28F3N5O. The van der Waals surface area contributed by atoms with Gasteiger partial charge in [0.1, 0.15) is 6.54 Å². The van der Waals surface area contributed by atoms with Crippen LogP contribution in [0.1, 0.15) is 24.1 Å². The van der Waals surface area contributed by atoms with Crippen LogP contribution in [-0.2, 0) is 17.5 Å². The second-order valence-electron chi connectivity index (χ2n) is 8.36. The highest BCUT2D eigenvalue weighted by molar-refractivity contribution is 5.76. The number of halogens is 3. The summed E-state index contributed by atoms with van der Waals surface area (Å²) < 4.78 is 40.7. The number of hydrogen-bond donors (Lipinski definition) is 0. The van der Waals surface area contributed by atoms with E-state index in [9.17, 15) is 18.0 Å². The average Bonchev–Trinajstić information content (AvgIpc) is 3.18. The third-order valence-corrected chi connectivity index (χ3v) is 6.19. The van der Waals surface area contributed by atoms with E-state index in [0.717, 1.165) is 44.2 Å². The maximum absolute atomic E-state index is 13.0. The van der Waals surface area contributed by atoms with Crippen LogP contribution in [0.25, 0.3) is 0 Å². The summed E-state index contributed by atoms with van der Waals surface area (Å²) in [6.45, 7) is 6.53. The first kappa shape index (κ1) is 21.7. The Kier molecular flexibility index (Phi) is 6.22. The zero-order chi connectivity index (χ0) is 22.0. The van der Waals surface area contributed by atoms with Gasteiger partial charge in [-0.1, -0.05) is 6.07 Å². The van der Waals surface area contributed by atoms with Crippen molar-refractivity contribution in [3.05, 3.63) is 47.8 Å². The molecule has 2 saturated heterocycles. The number of likely N-dealkylation sites (tertiary alicyclic amines) is 1. The highest BCUT2D eigenvalue weighted by atomic mass is 19.4. The van der Waals surface area contributed by atoms with Gasteiger partial charge >= 0.3 is 6.18 Å². The smallest absolute Gasteiger partial charge is 0.369 e. The average molecular weight is 435 g/mol. The number of aryl methyl sites for hydroxylation is 1. The lowest BCUT2D eigenvalue weighted by Gasteiger charge is -2.44. The van der Waals surface area contributed by atoms with Crippen molar-refractivity contribution in [2.45, 2.75) is 38.5 Å². The molecule has 0 bridgehead atoms. The molecule has 2 aliphatic rings. The van der Waals surface area contributed by atoms with Crippen LogP contribution in [0.4, 0.5) is 18.9 Å². The highest BCUT2D eigenvalue weighted by Crippen LogP contribution is 2.32. The van der Waals surface area contributed by atoms with Crippen molar-refractivity contribution in [3.8, 4) is 0 Å². The standard InChI is InChI=1S/C22H28F3N5O/c1-17-7-9-30(26-17)16-21(31)29-8-3-6-20(15-29)28-12-10-27(11-13-28)19-5-2-4-18(14-19)22(23,24)25/h2,4-5,7,9,14,20H,3,6,8,10-13,15-16H2,1H3. The van der Waals surface area contributed by atoms with E-state index < -0.39 is 11.7 Å². The number of aromatic nitrogens is 2. The van der Waals surface area contributed by atoms with Crippen LogP contribution in [-0.4, -0.2) is 70.8 Å². The van der Waals surface area contributed by atoms with Gasteiger partial charge in [0.05, 0.1) is 11.3 Å². The Hall–Kier alpha value is -2.55. The number of alkyl halides is 3. The molecule has 168 valence electrons. The van der Waals surface area contributed by atoms with Crippen molar-refractivity contribution in [2.75, 3.05) is 44.2 Å². The molecule has 0 N–H and O–H groups in total. The summed E-state index contributed by atoms with van der Waals surface area (Å²) in [6, 6.07) is 7.72. The number of nitrogens with zero attached hydrogens (tertiary/aromatic N) is 5. The summed E-state index contributed by atoms with van der Waals surface area (Å²) in [6.07, 6.45) is -0.511. The second kappa shape index (κ2) is 8.90. The molecule has 1 aromatic heterocycles. The zero-order valence-electron chi connectivity index (χ0n) is 17.7. The Balaban J connectivity index is 1.32. The van der Waals surface area contributed by atoms with Crippen LogP contribution in [0.15, 0.2) is 36.5 Å². The van der Waals surface area contributed by atoms with E-state index >= 15 is 0 Å². The molecule has 3 heterocycles. The second-order valence-corrected chi connectivity index (χ2v) is 8.36. The number of piperidine rings is 1. The molecule has 0 spiro atoms. The summed E-state index contributed by atoms with van der Waals surface area (Å²) in [7, 11) is 0. The molecule has 4 rings (SSSR count). The molecule has 1 atom stereocenters. The minimum atomic E-state index is -4.33. The molecule has 1 unspecified atom stereocenters. The fraction of sp³-hybridized carbons (Fsp3) is 0.545. The number of benzene rings is 1. The van der Waals surface area contributed by atoms with E-state index in [1.165, 1.54) is 12.1 Å². The lowest BCUT2D eigenvalue weighted by atomic mass is 10.0. The van der Waals surface area contributed by atoms with Crippen LogP contribution >= 0.6 is 0 Å². The van der Waals surface area contributed by atoms with Crippen LogP contribution in [0.3, 0.4) is 0 Å². The quantitative estimate of drug-likeness (QED) is 0.741. The summed E-state index contributed by atoms with van der Waals surface area (Å²) in [5.74, 6) is 0.0791. The Morgan fingerprint density at radius 1 is 1.13 bits per heavy atom. The van der Waals surface area contributed by atoms with Gasteiger partial charge in [0.2, 0.25) is 5.91 Å². The topological polar surface area (TPSA) is 44.6 Å². The predicted molar refractivity (Wildman–Crippen MR) is 112 cm³/mol. The molecule has 2 fully saturated rings. The lowest BCUT2D eigenvalue weighted by Crippen LogP contribution is -2.56. The number of anilines is 1. The molecule has 1 amide bonds. The third kappa shape index (κ3) is 5.20. The maximum Gasteiger partial charge on any atom is 0.416 e. The van der Waals surface area contributed by atoms with Gasteiger partial charge in [0, 0.05) is 57.2 Å². The molecule has 1 aromatic carbocycles. The van der Waals surface area contributed by atoms with E-state index in [1.807, 2.05) is 29.0 Å². The lowest BCUT2D eigenvalue weighted by molar-refractivity contribution is -0.137. The largest absolute Gasteiger partial charge is 0.416 e. The van der Waals surface area contributed by atoms with Crippen LogP contribution in [0.2, 0.25) is 0 Å². The number of amides is 1. The fourth-order valence-electron chi connectivity index (χ4n) is 4.49. The van der Waals surface area contributed by atoms with Crippen molar-refractivity contribution < 1.29 is 18.0 Å². The van der Waals surface area contributed by atoms with Gasteiger partial charge in [-0.15, -0.1) is 0 Å². The molecule has 31 heavy (non-hydrogen) atoms. The van der Waals surface area contributed by atoms with Crippen molar-refractivity contribution in [2.24, 2.45) is 0 Å². The first-order valence-corrected chi connectivity index (χ1v) is 10.7. The Labute approximate surface area is 180 Å². The van der Waals surface area contributed by atoms with Crippen molar-refractivity contribution in [1.82, 2.24) is 19.6 Å². The van der Waals surface area contributed by atoms with E-state index in [2.05, 4.69) is 10.00 Å². The number of piperazine rings is 1. The van der Waals surface area contributed by atoms with Crippen LogP contribution < -0.4 is 4.90 Å². The van der Waals surface area contributed by atoms with Gasteiger partial charge in [-0.05, 0) is 44.0 Å². The van der Waals surface area contributed by atoms with Gasteiger partial charge in [0.15, 0.2) is 0 Å². The van der Waals surface area contributed by atoms with Crippen molar-refractivity contribution >= 4 is 11.6 Å². The number of carbonyl (C=O) groups is 1. The summed E-state index contributed by atoms with van der Waals surface area (Å²) in [4.78, 5) is 19.0.